The van der Waals surface area contributed by atoms with Crippen LogP contribution >= 0.6 is 0 Å². The van der Waals surface area contributed by atoms with E-state index in [-0.39, 0.29) is 17.3 Å². The van der Waals surface area contributed by atoms with E-state index in [2.05, 4.69) is 20.6 Å². The van der Waals surface area contributed by atoms with Gasteiger partial charge in [0.05, 0.1) is 16.2 Å². The van der Waals surface area contributed by atoms with Crippen LogP contribution in [0, 0.1) is 0 Å². The summed E-state index contributed by atoms with van der Waals surface area (Å²) in [5.74, 6) is 0.505. The van der Waals surface area contributed by atoms with Crippen LogP contribution in [0.3, 0.4) is 0 Å². The SMILES string of the molecule is Nc1cc(C2(S(=O)(=O)c3ccccc3)CC2)nc(-c2ccc(NC(=O)NCC3(O)CC3)cc2)n1. The summed E-state index contributed by atoms with van der Waals surface area (Å²) in [4.78, 5) is 21.2. The van der Waals surface area contributed by atoms with E-state index < -0.39 is 26.2 Å². The van der Waals surface area contributed by atoms with Crippen molar-refractivity contribution in [3.8, 4) is 11.4 Å². The largest absolute Gasteiger partial charge is 0.388 e. The smallest absolute Gasteiger partial charge is 0.319 e. The first-order valence-corrected chi connectivity index (χ1v) is 12.5. The molecule has 2 aliphatic rings. The molecule has 34 heavy (non-hydrogen) atoms. The molecule has 0 bridgehead atoms. The van der Waals surface area contributed by atoms with E-state index >= 15 is 0 Å². The Morgan fingerprint density at radius 2 is 1.68 bits per heavy atom. The molecule has 9 nitrogen and oxygen atoms in total. The van der Waals surface area contributed by atoms with Gasteiger partial charge in [-0.05, 0) is 62.1 Å². The zero-order valence-corrected chi connectivity index (χ0v) is 19.2. The molecule has 1 heterocycles. The first kappa shape index (κ1) is 22.3. The van der Waals surface area contributed by atoms with Crippen molar-refractivity contribution >= 4 is 27.4 Å². The highest BCUT2D eigenvalue weighted by Crippen LogP contribution is 2.54. The summed E-state index contributed by atoms with van der Waals surface area (Å²) >= 11 is 0. The van der Waals surface area contributed by atoms with Crippen LogP contribution in [-0.2, 0) is 14.6 Å². The molecule has 0 radical (unpaired) electrons. The second-order valence-electron chi connectivity index (χ2n) is 8.92. The molecule has 3 aromatic rings. The summed E-state index contributed by atoms with van der Waals surface area (Å²) in [5.41, 5.74) is 6.85. The van der Waals surface area contributed by atoms with Crippen LogP contribution in [-0.4, -0.2) is 41.7 Å². The highest BCUT2D eigenvalue weighted by Gasteiger charge is 2.57. The number of nitrogen functional groups attached to an aromatic ring is 1. The molecule has 0 aliphatic heterocycles. The summed E-state index contributed by atoms with van der Waals surface area (Å²) in [6.07, 6.45) is 2.32. The maximum Gasteiger partial charge on any atom is 0.319 e. The zero-order chi connectivity index (χ0) is 24.0. The lowest BCUT2D eigenvalue weighted by Crippen LogP contribution is -2.36. The summed E-state index contributed by atoms with van der Waals surface area (Å²) in [6.45, 7) is 0.213. The topological polar surface area (TPSA) is 147 Å². The minimum atomic E-state index is -3.65. The van der Waals surface area contributed by atoms with Crippen LogP contribution in [0.2, 0.25) is 0 Å². The Hall–Kier alpha value is -3.50. The van der Waals surface area contributed by atoms with Gasteiger partial charge in [0.1, 0.15) is 10.6 Å². The number of rotatable bonds is 7. The average Bonchev–Trinajstić information content (AvgIpc) is 3.75. The number of hydrogen-bond acceptors (Lipinski definition) is 7. The van der Waals surface area contributed by atoms with Crippen LogP contribution in [0.1, 0.15) is 31.4 Å². The van der Waals surface area contributed by atoms with Gasteiger partial charge in [-0.3, -0.25) is 0 Å². The molecule has 2 amide bonds. The van der Waals surface area contributed by atoms with E-state index in [1.54, 1.807) is 54.6 Å². The van der Waals surface area contributed by atoms with Gasteiger partial charge in [-0.1, -0.05) is 18.2 Å². The van der Waals surface area contributed by atoms with E-state index in [4.69, 9.17) is 5.73 Å². The molecule has 0 atom stereocenters. The number of carbonyl (C=O) groups is 1. The van der Waals surface area contributed by atoms with Crippen LogP contribution in [0.4, 0.5) is 16.3 Å². The van der Waals surface area contributed by atoms with Crippen LogP contribution < -0.4 is 16.4 Å². The fourth-order valence-corrected chi connectivity index (χ4v) is 5.86. The fourth-order valence-electron chi connectivity index (χ4n) is 3.87. The van der Waals surface area contributed by atoms with Gasteiger partial charge in [-0.15, -0.1) is 0 Å². The fraction of sp³-hybridized carbons (Fsp3) is 0.292. The number of benzene rings is 2. The van der Waals surface area contributed by atoms with Crippen molar-refractivity contribution in [2.45, 2.75) is 40.9 Å². The third-order valence-electron chi connectivity index (χ3n) is 6.29. The maximum atomic E-state index is 13.4. The molecule has 0 unspecified atom stereocenters. The van der Waals surface area contributed by atoms with E-state index in [0.717, 1.165) is 0 Å². The van der Waals surface area contributed by atoms with E-state index in [1.807, 2.05) is 0 Å². The second kappa shape index (κ2) is 8.07. The number of nitrogens with one attached hydrogen (secondary N) is 2. The highest BCUT2D eigenvalue weighted by atomic mass is 32.2. The Morgan fingerprint density at radius 1 is 1.00 bits per heavy atom. The Labute approximate surface area is 197 Å². The molecule has 10 heteroatoms. The lowest BCUT2D eigenvalue weighted by molar-refractivity contribution is 0.149. The van der Waals surface area contributed by atoms with Gasteiger partial charge in [0.25, 0.3) is 0 Å². The van der Waals surface area contributed by atoms with Gasteiger partial charge in [0, 0.05) is 23.9 Å². The van der Waals surface area contributed by atoms with Crippen LogP contribution in [0.25, 0.3) is 11.4 Å². The van der Waals surface area contributed by atoms with Crippen molar-refractivity contribution in [3.05, 3.63) is 66.4 Å². The Morgan fingerprint density at radius 3 is 2.29 bits per heavy atom. The summed E-state index contributed by atoms with van der Waals surface area (Å²) < 4.78 is 25.7. The van der Waals surface area contributed by atoms with Crippen molar-refractivity contribution in [3.63, 3.8) is 0 Å². The van der Waals surface area contributed by atoms with Crippen molar-refractivity contribution in [1.29, 1.82) is 0 Å². The molecule has 1 aromatic heterocycles. The van der Waals surface area contributed by atoms with Crippen LogP contribution in [0.15, 0.2) is 65.6 Å². The molecular formula is C24H25N5O4S. The molecule has 0 saturated heterocycles. The summed E-state index contributed by atoms with van der Waals surface area (Å²) in [7, 11) is -3.65. The molecular weight excluding hydrogens is 454 g/mol. The van der Waals surface area contributed by atoms with Gasteiger partial charge < -0.3 is 21.5 Å². The average molecular weight is 480 g/mol. The van der Waals surface area contributed by atoms with Gasteiger partial charge >= 0.3 is 6.03 Å². The monoisotopic (exact) mass is 479 g/mol. The highest BCUT2D eigenvalue weighted by molar-refractivity contribution is 7.92. The normalized spacial score (nSPS) is 17.6. The van der Waals surface area contributed by atoms with E-state index in [1.165, 1.54) is 6.07 Å². The maximum absolute atomic E-state index is 13.4. The minimum Gasteiger partial charge on any atom is -0.388 e. The molecule has 0 spiro atoms. The molecule has 2 aromatic carbocycles. The Bertz CT molecular complexity index is 1340. The molecule has 2 aliphatic carbocycles. The van der Waals surface area contributed by atoms with E-state index in [9.17, 15) is 18.3 Å². The number of urea groups is 1. The quantitative estimate of drug-likeness (QED) is 0.407. The minimum absolute atomic E-state index is 0.189. The summed E-state index contributed by atoms with van der Waals surface area (Å²) in [6, 6.07) is 16.3. The number of anilines is 2. The predicted octanol–water partition coefficient (Wildman–Crippen LogP) is 2.84. The Balaban J connectivity index is 1.36. The van der Waals surface area contributed by atoms with Gasteiger partial charge in [0.2, 0.25) is 0 Å². The number of nitrogens with two attached hydrogens (primary N) is 1. The third kappa shape index (κ3) is 4.22. The predicted molar refractivity (Wildman–Crippen MR) is 128 cm³/mol. The van der Waals surface area contributed by atoms with Gasteiger partial charge in [0.15, 0.2) is 15.7 Å². The number of nitrogens with zero attached hydrogens (tertiary/aromatic N) is 2. The zero-order valence-electron chi connectivity index (χ0n) is 18.4. The van der Waals surface area contributed by atoms with Crippen molar-refractivity contribution in [2.75, 3.05) is 17.6 Å². The van der Waals surface area contributed by atoms with E-state index in [0.29, 0.717) is 48.5 Å². The first-order chi connectivity index (χ1) is 16.2. The first-order valence-electron chi connectivity index (χ1n) is 11.0. The molecule has 5 N–H and O–H groups in total. The number of amides is 2. The van der Waals surface area contributed by atoms with Gasteiger partial charge in [-0.2, -0.15) is 0 Å². The number of aromatic nitrogens is 2. The number of carbonyl (C=O) groups excluding carboxylic acids is 1. The standard InChI is InChI=1S/C24H25N5O4S/c25-20-14-19(24(12-13-24)34(32,33)18-4-2-1-3-5-18)28-21(29-20)16-6-8-17(9-7-16)27-22(30)26-15-23(31)10-11-23/h1-9,14,31H,10-13,15H2,(H2,25,28,29)(H2,26,27,30). The lowest BCUT2D eigenvalue weighted by Gasteiger charge is -2.17. The molecule has 2 fully saturated rings. The van der Waals surface area contributed by atoms with Crippen molar-refractivity contribution < 1.29 is 18.3 Å². The summed E-state index contributed by atoms with van der Waals surface area (Å²) in [5, 5.41) is 15.2. The van der Waals surface area contributed by atoms with Gasteiger partial charge in [-0.25, -0.2) is 23.2 Å². The third-order valence-corrected chi connectivity index (χ3v) is 8.83. The number of sulfone groups is 1. The number of aliphatic hydroxyl groups is 1. The van der Waals surface area contributed by atoms with Crippen molar-refractivity contribution in [2.24, 2.45) is 0 Å². The molecule has 176 valence electrons. The number of hydrogen-bond donors (Lipinski definition) is 4. The van der Waals surface area contributed by atoms with Crippen molar-refractivity contribution in [1.82, 2.24) is 15.3 Å². The second-order valence-corrected chi connectivity index (χ2v) is 11.2. The molecule has 2 saturated carbocycles. The lowest BCUT2D eigenvalue weighted by atomic mass is 10.1. The Kier molecular flexibility index (Phi) is 5.29. The van der Waals surface area contributed by atoms with Crippen LogP contribution in [0.5, 0.6) is 0 Å². The molecule has 5 rings (SSSR count).